The van der Waals surface area contributed by atoms with Crippen molar-refractivity contribution >= 4 is 23.4 Å². The normalized spacial score (nSPS) is 12.0. The zero-order chi connectivity index (χ0) is 26.1. The smallest absolute Gasteiger partial charge is 0.261 e. The molecule has 6 heteroatoms. The number of carbonyl (C=O) groups is 2. The van der Waals surface area contributed by atoms with Crippen molar-refractivity contribution in [2.24, 2.45) is 0 Å². The van der Waals surface area contributed by atoms with Crippen LogP contribution in [-0.4, -0.2) is 35.9 Å². The molecule has 0 saturated carbocycles. The number of nitrogens with one attached hydrogen (secondary N) is 1. The van der Waals surface area contributed by atoms with Gasteiger partial charge in [0.25, 0.3) is 5.91 Å². The van der Waals surface area contributed by atoms with Crippen molar-refractivity contribution in [3.63, 3.8) is 0 Å². The molecule has 0 fully saturated rings. The van der Waals surface area contributed by atoms with Crippen LogP contribution in [0, 0.1) is 0 Å². The molecule has 36 heavy (non-hydrogen) atoms. The third-order valence-electron chi connectivity index (χ3n) is 5.95. The molecular weight excluding hydrogens is 472 g/mol. The van der Waals surface area contributed by atoms with Crippen LogP contribution in [-0.2, 0) is 28.0 Å². The SMILES string of the molecule is CCNC(=O)[C@@H](Cc1ccccc1)N(Cc1cccc(Cl)c1)C(=O)COc1ccc(C(C)(C)C)cc1. The number of nitrogens with zero attached hydrogens (tertiary/aromatic N) is 1. The summed E-state index contributed by atoms with van der Waals surface area (Å²) in [5.74, 6) is 0.130. The molecule has 3 aromatic rings. The van der Waals surface area contributed by atoms with Gasteiger partial charge < -0.3 is 15.0 Å². The third kappa shape index (κ3) is 7.85. The van der Waals surface area contributed by atoms with Gasteiger partial charge >= 0.3 is 0 Å². The summed E-state index contributed by atoms with van der Waals surface area (Å²) in [5.41, 5.74) is 3.02. The average molecular weight is 507 g/mol. The Bertz CT molecular complexity index is 1140. The molecule has 3 aromatic carbocycles. The lowest BCUT2D eigenvalue weighted by atomic mass is 9.87. The van der Waals surface area contributed by atoms with E-state index in [1.807, 2.05) is 79.7 Å². The van der Waals surface area contributed by atoms with Crippen LogP contribution in [0.2, 0.25) is 5.02 Å². The summed E-state index contributed by atoms with van der Waals surface area (Å²) < 4.78 is 5.87. The number of hydrogen-bond donors (Lipinski definition) is 1. The third-order valence-corrected chi connectivity index (χ3v) is 6.18. The van der Waals surface area contributed by atoms with Gasteiger partial charge in [-0.2, -0.15) is 0 Å². The van der Waals surface area contributed by atoms with Gasteiger partial charge in [-0.3, -0.25) is 9.59 Å². The van der Waals surface area contributed by atoms with Crippen LogP contribution in [0.1, 0.15) is 44.4 Å². The van der Waals surface area contributed by atoms with Gasteiger partial charge in [-0.1, -0.05) is 87.0 Å². The summed E-state index contributed by atoms with van der Waals surface area (Å²) >= 11 is 6.21. The van der Waals surface area contributed by atoms with Gasteiger partial charge in [0.1, 0.15) is 11.8 Å². The number of benzene rings is 3. The zero-order valence-electron chi connectivity index (χ0n) is 21.5. The summed E-state index contributed by atoms with van der Waals surface area (Å²) in [6, 6.07) is 24.1. The Balaban J connectivity index is 1.86. The lowest BCUT2D eigenvalue weighted by Gasteiger charge is -2.31. The monoisotopic (exact) mass is 506 g/mol. The standard InChI is InChI=1S/C30H35ClN2O3/c1-5-32-29(35)27(19-22-10-7-6-8-11-22)33(20-23-12-9-13-25(31)18-23)28(34)21-36-26-16-14-24(15-17-26)30(2,3)4/h6-18,27H,5,19-21H2,1-4H3,(H,32,35)/t27-/m1/s1. The van der Waals surface area contributed by atoms with Crippen LogP contribution >= 0.6 is 11.6 Å². The molecule has 0 aliphatic rings. The van der Waals surface area contributed by atoms with Gasteiger partial charge in [-0.15, -0.1) is 0 Å². The second kappa shape index (κ2) is 12.6. The van der Waals surface area contributed by atoms with Crippen LogP contribution in [0.15, 0.2) is 78.9 Å². The maximum absolute atomic E-state index is 13.6. The maximum atomic E-state index is 13.6. The lowest BCUT2D eigenvalue weighted by molar-refractivity contribution is -0.142. The maximum Gasteiger partial charge on any atom is 0.261 e. The van der Waals surface area contributed by atoms with E-state index in [2.05, 4.69) is 26.1 Å². The van der Waals surface area contributed by atoms with Crippen LogP contribution in [0.25, 0.3) is 0 Å². The number of halogens is 1. The quantitative estimate of drug-likeness (QED) is 0.378. The Kier molecular flexibility index (Phi) is 9.54. The topological polar surface area (TPSA) is 58.6 Å². The van der Waals surface area contributed by atoms with E-state index in [1.54, 1.807) is 11.0 Å². The lowest BCUT2D eigenvalue weighted by Crippen LogP contribution is -2.51. The van der Waals surface area contributed by atoms with Gasteiger partial charge in [0.2, 0.25) is 5.91 Å². The fourth-order valence-electron chi connectivity index (χ4n) is 3.96. The average Bonchev–Trinajstić information content (AvgIpc) is 2.85. The van der Waals surface area contributed by atoms with Gasteiger partial charge in [-0.25, -0.2) is 0 Å². The van der Waals surface area contributed by atoms with E-state index in [9.17, 15) is 9.59 Å². The summed E-state index contributed by atoms with van der Waals surface area (Å²) in [6.07, 6.45) is 0.388. The first-order valence-electron chi connectivity index (χ1n) is 12.3. The molecule has 0 aromatic heterocycles. The molecule has 0 aliphatic heterocycles. The Labute approximate surface area is 219 Å². The number of hydrogen-bond acceptors (Lipinski definition) is 3. The fourth-order valence-corrected chi connectivity index (χ4v) is 4.17. The van der Waals surface area contributed by atoms with E-state index in [1.165, 1.54) is 5.56 Å². The van der Waals surface area contributed by atoms with Crippen LogP contribution in [0.5, 0.6) is 5.75 Å². The molecule has 0 heterocycles. The first-order chi connectivity index (χ1) is 17.2. The predicted octanol–water partition coefficient (Wildman–Crippen LogP) is 5.79. The van der Waals surface area contributed by atoms with Crippen molar-refractivity contribution in [2.45, 2.75) is 52.1 Å². The summed E-state index contributed by atoms with van der Waals surface area (Å²) in [6.45, 7) is 8.84. The molecule has 0 radical (unpaired) electrons. The molecule has 190 valence electrons. The van der Waals surface area contributed by atoms with Crippen molar-refractivity contribution in [2.75, 3.05) is 13.2 Å². The highest BCUT2D eigenvalue weighted by Crippen LogP contribution is 2.24. The number of carbonyl (C=O) groups excluding carboxylic acids is 2. The molecule has 0 saturated heterocycles. The van der Waals surface area contributed by atoms with Crippen molar-refractivity contribution in [3.05, 3.63) is 101 Å². The Morgan fingerprint density at radius 3 is 2.22 bits per heavy atom. The Morgan fingerprint density at radius 1 is 0.944 bits per heavy atom. The Morgan fingerprint density at radius 2 is 1.61 bits per heavy atom. The summed E-state index contributed by atoms with van der Waals surface area (Å²) in [7, 11) is 0. The second-order valence-electron chi connectivity index (χ2n) is 9.81. The summed E-state index contributed by atoms with van der Waals surface area (Å²) in [5, 5.41) is 3.47. The fraction of sp³-hybridized carbons (Fsp3) is 0.333. The molecule has 1 atom stereocenters. The molecule has 2 amide bonds. The van der Waals surface area contributed by atoms with Gasteiger partial charge in [0.15, 0.2) is 6.61 Å². The van der Waals surface area contributed by atoms with E-state index in [4.69, 9.17) is 16.3 Å². The molecule has 0 bridgehead atoms. The van der Waals surface area contributed by atoms with E-state index in [0.717, 1.165) is 11.1 Å². The van der Waals surface area contributed by atoms with Gasteiger partial charge in [-0.05, 0) is 53.3 Å². The van der Waals surface area contributed by atoms with E-state index >= 15 is 0 Å². The first-order valence-corrected chi connectivity index (χ1v) is 12.6. The first kappa shape index (κ1) is 27.3. The van der Waals surface area contributed by atoms with Crippen molar-refractivity contribution < 1.29 is 14.3 Å². The van der Waals surface area contributed by atoms with E-state index < -0.39 is 6.04 Å². The molecule has 0 spiro atoms. The highest BCUT2D eigenvalue weighted by atomic mass is 35.5. The predicted molar refractivity (Wildman–Crippen MR) is 145 cm³/mol. The molecule has 0 aliphatic carbocycles. The van der Waals surface area contributed by atoms with Crippen LogP contribution in [0.3, 0.4) is 0 Å². The van der Waals surface area contributed by atoms with Crippen LogP contribution in [0.4, 0.5) is 0 Å². The van der Waals surface area contributed by atoms with Gasteiger partial charge in [0, 0.05) is 24.5 Å². The minimum absolute atomic E-state index is 0.0272. The number of likely N-dealkylation sites (N-methyl/N-ethyl adjacent to an activating group) is 1. The van der Waals surface area contributed by atoms with Crippen molar-refractivity contribution in [1.82, 2.24) is 10.2 Å². The highest BCUT2D eigenvalue weighted by molar-refractivity contribution is 6.30. The highest BCUT2D eigenvalue weighted by Gasteiger charge is 2.30. The number of amides is 2. The van der Waals surface area contributed by atoms with Crippen LogP contribution < -0.4 is 10.1 Å². The zero-order valence-corrected chi connectivity index (χ0v) is 22.2. The van der Waals surface area contributed by atoms with E-state index in [-0.39, 0.29) is 30.4 Å². The minimum atomic E-state index is -0.703. The second-order valence-corrected chi connectivity index (χ2v) is 10.3. The molecule has 0 unspecified atom stereocenters. The van der Waals surface area contributed by atoms with Crippen molar-refractivity contribution in [3.8, 4) is 5.75 Å². The molecule has 1 N–H and O–H groups in total. The largest absolute Gasteiger partial charge is 0.484 e. The molecule has 3 rings (SSSR count). The van der Waals surface area contributed by atoms with Crippen molar-refractivity contribution in [1.29, 1.82) is 0 Å². The molecule has 5 nitrogen and oxygen atoms in total. The minimum Gasteiger partial charge on any atom is -0.484 e. The Hall–Kier alpha value is -3.31. The number of ether oxygens (including phenoxy) is 1. The summed E-state index contributed by atoms with van der Waals surface area (Å²) in [4.78, 5) is 28.3. The molecular formula is C30H35ClN2O3. The number of rotatable bonds is 10. The van der Waals surface area contributed by atoms with Gasteiger partial charge in [0.05, 0.1) is 0 Å². The van der Waals surface area contributed by atoms with E-state index in [0.29, 0.717) is 23.7 Å².